The first-order valence-electron chi connectivity index (χ1n) is 18.5. The van der Waals surface area contributed by atoms with Crippen LogP contribution >= 0.6 is 0 Å². The molecular weight excluding hydrogens is 715 g/mol. The summed E-state index contributed by atoms with van der Waals surface area (Å²) in [5, 5.41) is 24.0. The van der Waals surface area contributed by atoms with Crippen molar-refractivity contribution in [1.82, 2.24) is 41.5 Å². The van der Waals surface area contributed by atoms with Gasteiger partial charge in [0, 0.05) is 25.9 Å². The molecular formula is C38H49FN8O8. The quantitative estimate of drug-likeness (QED) is 0.159. The van der Waals surface area contributed by atoms with Crippen molar-refractivity contribution in [1.29, 1.82) is 0 Å². The third-order valence-electron chi connectivity index (χ3n) is 9.44. The van der Waals surface area contributed by atoms with Crippen molar-refractivity contribution < 1.29 is 43.0 Å². The zero-order valence-corrected chi connectivity index (χ0v) is 31.1. The number of nitrogens with one attached hydrogen (secondary N) is 6. The number of hydrogen-bond acceptors (Lipinski definition) is 9. The van der Waals surface area contributed by atoms with E-state index < -0.39 is 84.2 Å². The lowest BCUT2D eigenvalue weighted by molar-refractivity contribution is -0.141. The van der Waals surface area contributed by atoms with Crippen LogP contribution in [0.15, 0.2) is 48.5 Å². The fraction of sp³-hybridized carbons (Fsp3) is 0.500. The van der Waals surface area contributed by atoms with Gasteiger partial charge >= 0.3 is 0 Å². The molecule has 296 valence electrons. The molecule has 2 saturated heterocycles. The van der Waals surface area contributed by atoms with Gasteiger partial charge in [-0.2, -0.15) is 0 Å². The average Bonchev–Trinajstić information content (AvgIpc) is 3.74. The third kappa shape index (κ3) is 11.3. The van der Waals surface area contributed by atoms with Gasteiger partial charge in [-0.3, -0.25) is 28.8 Å². The third-order valence-corrected chi connectivity index (χ3v) is 9.44. The minimum Gasteiger partial charge on any atom is -0.391 e. The number of rotatable bonds is 9. The van der Waals surface area contributed by atoms with Gasteiger partial charge in [-0.25, -0.2) is 9.37 Å². The summed E-state index contributed by atoms with van der Waals surface area (Å²) in [6.07, 6.45) is -0.434. The van der Waals surface area contributed by atoms with E-state index in [9.17, 15) is 38.3 Å². The maximum atomic E-state index is 14.0. The SMILES string of the molecule is CC(C)C[C@@H]1NC(=O)[C@@H](Cc2ccccc2)NC(=O)[C@@H](NC(=O)COCc2nc3ccc(F)cc3[nH]2)CCCNC(=O)[C@@H]2C[C@@H](O)CN2C(=O)[C@H](C)NC1=O. The number of H-pyrrole nitrogens is 1. The number of benzene rings is 2. The molecule has 0 aliphatic carbocycles. The van der Waals surface area contributed by atoms with Gasteiger partial charge in [-0.05, 0) is 55.9 Å². The fourth-order valence-corrected chi connectivity index (χ4v) is 6.72. The zero-order chi connectivity index (χ0) is 39.6. The highest BCUT2D eigenvalue weighted by Gasteiger charge is 2.41. The van der Waals surface area contributed by atoms with Crippen LogP contribution in [0.25, 0.3) is 11.0 Å². The van der Waals surface area contributed by atoms with Gasteiger partial charge in [0.2, 0.25) is 35.4 Å². The Morgan fingerprint density at radius 2 is 1.73 bits per heavy atom. The molecule has 6 amide bonds. The van der Waals surface area contributed by atoms with E-state index in [2.05, 4.69) is 36.6 Å². The Bertz CT molecular complexity index is 1860. The lowest BCUT2D eigenvalue weighted by Gasteiger charge is -2.29. The van der Waals surface area contributed by atoms with E-state index in [4.69, 9.17) is 4.74 Å². The summed E-state index contributed by atoms with van der Waals surface area (Å²) in [6, 6.07) is 7.54. The van der Waals surface area contributed by atoms with Crippen LogP contribution < -0.4 is 26.6 Å². The Hall–Kier alpha value is -5.42. The summed E-state index contributed by atoms with van der Waals surface area (Å²) in [6.45, 7) is 4.61. The van der Waals surface area contributed by atoms with Crippen molar-refractivity contribution in [2.24, 2.45) is 5.92 Å². The Balaban J connectivity index is 1.36. The summed E-state index contributed by atoms with van der Waals surface area (Å²) in [4.78, 5) is 89.9. The van der Waals surface area contributed by atoms with E-state index in [1.165, 1.54) is 30.0 Å². The first kappa shape index (κ1) is 40.8. The van der Waals surface area contributed by atoms with Gasteiger partial charge in [-0.1, -0.05) is 44.2 Å². The maximum absolute atomic E-state index is 14.0. The van der Waals surface area contributed by atoms with Crippen LogP contribution in [0.1, 0.15) is 57.8 Å². The Labute approximate surface area is 317 Å². The Morgan fingerprint density at radius 3 is 2.47 bits per heavy atom. The second-order valence-electron chi connectivity index (χ2n) is 14.5. The van der Waals surface area contributed by atoms with E-state index in [0.717, 1.165) is 5.56 Å². The summed E-state index contributed by atoms with van der Waals surface area (Å²) < 4.78 is 19.1. The number of aliphatic hydroxyl groups excluding tert-OH is 1. The fourth-order valence-electron chi connectivity index (χ4n) is 6.72. The van der Waals surface area contributed by atoms with Crippen molar-refractivity contribution >= 4 is 46.5 Å². The Morgan fingerprint density at radius 1 is 1.00 bits per heavy atom. The van der Waals surface area contributed by atoms with Gasteiger partial charge < -0.3 is 46.3 Å². The predicted molar refractivity (Wildman–Crippen MR) is 197 cm³/mol. The van der Waals surface area contributed by atoms with Crippen LogP contribution in [-0.2, 0) is 46.5 Å². The van der Waals surface area contributed by atoms with Crippen LogP contribution in [0.5, 0.6) is 0 Å². The van der Waals surface area contributed by atoms with Crippen molar-refractivity contribution in [3.63, 3.8) is 0 Å². The number of aliphatic hydroxyl groups is 1. The number of halogens is 1. The molecule has 17 heteroatoms. The van der Waals surface area contributed by atoms with E-state index in [0.29, 0.717) is 16.9 Å². The summed E-state index contributed by atoms with van der Waals surface area (Å²) in [7, 11) is 0. The van der Waals surface area contributed by atoms with Gasteiger partial charge in [0.15, 0.2) is 0 Å². The highest BCUT2D eigenvalue weighted by Crippen LogP contribution is 2.20. The molecule has 6 atom stereocenters. The molecule has 2 aliphatic rings. The molecule has 3 heterocycles. The highest BCUT2D eigenvalue weighted by molar-refractivity contribution is 5.96. The standard InChI is InChI=1S/C38H49FN8O8/c1-21(2)14-29-35(51)41-22(3)38(54)47-18-25(48)17-31(47)37(53)40-13-7-10-27(34(50)46-30(36(52)45-29)15-23-8-5-4-6-9-23)44-33(49)20-55-19-32-42-26-12-11-24(39)16-28(26)43-32/h4-6,8-9,11-12,16,21-22,25,27,29-31,48H,7,10,13-15,17-20H2,1-3H3,(H,40,53)(H,41,51)(H,42,43)(H,44,49)(H,45,52)(H,46,50)/t22-,25+,27-,29-,30+,31-/m0/s1. The molecule has 0 unspecified atom stereocenters. The Kier molecular flexibility index (Phi) is 13.9. The molecule has 2 aromatic carbocycles. The molecule has 2 fully saturated rings. The molecule has 16 nitrogen and oxygen atoms in total. The molecule has 0 saturated carbocycles. The monoisotopic (exact) mass is 764 g/mol. The number of ether oxygens (including phenoxy) is 1. The van der Waals surface area contributed by atoms with Crippen molar-refractivity contribution in [3.05, 3.63) is 65.7 Å². The second kappa shape index (κ2) is 18.8. The smallest absolute Gasteiger partial charge is 0.246 e. The van der Waals surface area contributed by atoms with Gasteiger partial charge in [0.05, 0.1) is 17.1 Å². The predicted octanol–water partition coefficient (Wildman–Crippen LogP) is 0.338. The molecule has 5 rings (SSSR count). The minimum absolute atomic E-state index is 0.000911. The highest BCUT2D eigenvalue weighted by atomic mass is 19.1. The summed E-state index contributed by atoms with van der Waals surface area (Å²) in [5.41, 5.74) is 1.71. The number of hydrogen-bond donors (Lipinski definition) is 7. The van der Waals surface area contributed by atoms with Crippen LogP contribution in [0.4, 0.5) is 4.39 Å². The molecule has 0 spiro atoms. The first-order valence-corrected chi connectivity index (χ1v) is 18.5. The maximum Gasteiger partial charge on any atom is 0.246 e. The molecule has 0 bridgehead atoms. The molecule has 0 radical (unpaired) electrons. The number of aromatic nitrogens is 2. The van der Waals surface area contributed by atoms with Crippen LogP contribution in [-0.4, -0.2) is 111 Å². The lowest BCUT2D eigenvalue weighted by Crippen LogP contribution is -2.59. The summed E-state index contributed by atoms with van der Waals surface area (Å²) in [5.74, 6) is -3.79. The van der Waals surface area contributed by atoms with Gasteiger partial charge in [0.1, 0.15) is 55.1 Å². The number of carbonyl (C=O) groups excluding carboxylic acids is 6. The summed E-state index contributed by atoms with van der Waals surface area (Å²) >= 11 is 0. The van der Waals surface area contributed by atoms with Crippen molar-refractivity contribution in [2.45, 2.75) is 95.8 Å². The van der Waals surface area contributed by atoms with Crippen LogP contribution in [0, 0.1) is 11.7 Å². The van der Waals surface area contributed by atoms with Gasteiger partial charge in [0.25, 0.3) is 0 Å². The van der Waals surface area contributed by atoms with Crippen molar-refractivity contribution in [2.75, 3.05) is 19.7 Å². The van der Waals surface area contributed by atoms with Crippen LogP contribution in [0.2, 0.25) is 0 Å². The molecule has 2 aliphatic heterocycles. The molecule has 7 N–H and O–H groups in total. The zero-order valence-electron chi connectivity index (χ0n) is 31.1. The van der Waals surface area contributed by atoms with Crippen LogP contribution in [0.3, 0.4) is 0 Å². The average molecular weight is 765 g/mol. The minimum atomic E-state index is -1.17. The lowest BCUT2D eigenvalue weighted by atomic mass is 10.00. The number of amides is 6. The molecule has 1 aromatic heterocycles. The molecule has 55 heavy (non-hydrogen) atoms. The normalized spacial score (nSPS) is 24.7. The van der Waals surface area contributed by atoms with Crippen molar-refractivity contribution in [3.8, 4) is 0 Å². The molecule has 3 aromatic rings. The van der Waals surface area contributed by atoms with E-state index in [1.807, 2.05) is 19.9 Å². The number of carbonyl (C=O) groups is 6. The first-order chi connectivity index (χ1) is 26.3. The van der Waals surface area contributed by atoms with E-state index in [1.54, 1.807) is 24.3 Å². The van der Waals surface area contributed by atoms with Gasteiger partial charge in [-0.15, -0.1) is 0 Å². The van der Waals surface area contributed by atoms with E-state index in [-0.39, 0.29) is 57.7 Å². The number of aromatic amines is 1. The van der Waals surface area contributed by atoms with E-state index >= 15 is 0 Å². The topological polar surface area (TPSA) is 224 Å². The second-order valence-corrected chi connectivity index (χ2v) is 14.5. The number of nitrogens with zero attached hydrogens (tertiary/aromatic N) is 2. The number of fused-ring (bicyclic) bond motifs is 2. The largest absolute Gasteiger partial charge is 0.391 e. The number of imidazole rings is 1.